The van der Waals surface area contributed by atoms with Crippen LogP contribution in [0.5, 0.6) is 0 Å². The van der Waals surface area contributed by atoms with Gasteiger partial charge in [-0.15, -0.1) is 0 Å². The maximum Gasteiger partial charge on any atom is 0.0547 e. The van der Waals surface area contributed by atoms with Crippen LogP contribution >= 0.6 is 0 Å². The molecule has 0 saturated carbocycles. The van der Waals surface area contributed by atoms with E-state index in [1.165, 1.54) is 65.3 Å². The second-order valence-electron chi connectivity index (χ2n) is 13.0. The summed E-state index contributed by atoms with van der Waals surface area (Å²) in [5, 5.41) is 10.2. The van der Waals surface area contributed by atoms with E-state index in [1.54, 1.807) is 0 Å². The number of hydrogen-bond donors (Lipinski definition) is 0. The Morgan fingerprint density at radius 2 is 0.900 bits per heavy atom. The molecule has 234 valence electrons. The molecule has 0 bridgehead atoms. The predicted molar refractivity (Wildman–Crippen MR) is 213 cm³/mol. The van der Waals surface area contributed by atoms with Gasteiger partial charge in [0.25, 0.3) is 0 Å². The van der Waals surface area contributed by atoms with Gasteiger partial charge in [0.05, 0.1) is 11.0 Å². The largest absolute Gasteiger partial charge is 0.311 e. The van der Waals surface area contributed by atoms with Crippen molar-refractivity contribution in [2.75, 3.05) is 4.90 Å². The smallest absolute Gasteiger partial charge is 0.0547 e. The van der Waals surface area contributed by atoms with Crippen LogP contribution in [0.4, 0.5) is 17.1 Å². The maximum atomic E-state index is 2.40. The first-order valence-electron chi connectivity index (χ1n) is 17.2. The highest BCUT2D eigenvalue weighted by molar-refractivity contribution is 6.21. The van der Waals surface area contributed by atoms with Gasteiger partial charge in [-0.3, -0.25) is 0 Å². The van der Waals surface area contributed by atoms with Crippen LogP contribution in [0.1, 0.15) is 0 Å². The lowest BCUT2D eigenvalue weighted by Gasteiger charge is -2.26. The van der Waals surface area contributed by atoms with Gasteiger partial charge in [-0.05, 0) is 110 Å². The summed E-state index contributed by atoms with van der Waals surface area (Å²) in [5.41, 5.74) is 9.36. The molecule has 0 fully saturated rings. The summed E-state index contributed by atoms with van der Waals surface area (Å²) in [6.45, 7) is 0. The molecule has 0 atom stereocenters. The molecule has 0 N–H and O–H groups in total. The molecule has 0 saturated heterocycles. The van der Waals surface area contributed by atoms with Gasteiger partial charge < -0.3 is 9.47 Å². The first-order chi connectivity index (χ1) is 24.8. The van der Waals surface area contributed by atoms with Crippen LogP contribution in [-0.4, -0.2) is 4.57 Å². The molecule has 0 aliphatic carbocycles. The summed E-state index contributed by atoms with van der Waals surface area (Å²) < 4.78 is 2.40. The maximum absolute atomic E-state index is 2.40. The molecule has 0 aliphatic rings. The van der Waals surface area contributed by atoms with Gasteiger partial charge in [-0.2, -0.15) is 0 Å². The molecule has 0 aliphatic heterocycles. The molecule has 0 amide bonds. The predicted octanol–water partition coefficient (Wildman–Crippen LogP) is 13.4. The number of rotatable bonds is 5. The fourth-order valence-corrected chi connectivity index (χ4v) is 7.88. The summed E-state index contributed by atoms with van der Waals surface area (Å²) in [5.74, 6) is 0. The van der Waals surface area contributed by atoms with Gasteiger partial charge in [0, 0.05) is 33.5 Å². The van der Waals surface area contributed by atoms with Crippen molar-refractivity contribution in [2.45, 2.75) is 0 Å². The number of nitrogens with zero attached hydrogens (tertiary/aromatic N) is 2. The SMILES string of the molecule is c1ccc(N(c2ccc(-c3cc4ccccc4c4ccccc34)cc2)c2ccc(-n3c4ccccc4c4c5ccccc5ccc43)cc2)cc1. The number of hydrogen-bond acceptors (Lipinski definition) is 1. The molecular weight excluding hydrogens is 605 g/mol. The Balaban J connectivity index is 1.08. The Bertz CT molecular complexity index is 2850. The van der Waals surface area contributed by atoms with Crippen molar-refractivity contribution in [3.8, 4) is 16.8 Å². The molecule has 50 heavy (non-hydrogen) atoms. The highest BCUT2D eigenvalue weighted by atomic mass is 15.1. The zero-order valence-corrected chi connectivity index (χ0v) is 27.4. The highest BCUT2D eigenvalue weighted by Crippen LogP contribution is 2.40. The van der Waals surface area contributed by atoms with Gasteiger partial charge in [0.1, 0.15) is 0 Å². The van der Waals surface area contributed by atoms with E-state index < -0.39 is 0 Å². The van der Waals surface area contributed by atoms with Gasteiger partial charge >= 0.3 is 0 Å². The Hall–Kier alpha value is -6.64. The average molecular weight is 637 g/mol. The van der Waals surface area contributed by atoms with Crippen LogP contribution in [0.2, 0.25) is 0 Å². The van der Waals surface area contributed by atoms with Crippen LogP contribution in [0.3, 0.4) is 0 Å². The summed E-state index contributed by atoms with van der Waals surface area (Å²) in [6.07, 6.45) is 0. The molecule has 1 aromatic heterocycles. The normalized spacial score (nSPS) is 11.6. The lowest BCUT2D eigenvalue weighted by atomic mass is 9.93. The van der Waals surface area contributed by atoms with E-state index in [1.807, 2.05) is 0 Å². The first-order valence-corrected chi connectivity index (χ1v) is 17.2. The van der Waals surface area contributed by atoms with Crippen molar-refractivity contribution in [1.29, 1.82) is 0 Å². The third-order valence-corrected chi connectivity index (χ3v) is 10.1. The van der Waals surface area contributed by atoms with E-state index in [0.29, 0.717) is 0 Å². The number of anilines is 3. The molecule has 10 rings (SSSR count). The number of benzene rings is 9. The van der Waals surface area contributed by atoms with E-state index in [4.69, 9.17) is 0 Å². The number of aromatic nitrogens is 1. The quantitative estimate of drug-likeness (QED) is 0.171. The van der Waals surface area contributed by atoms with Crippen molar-refractivity contribution in [1.82, 2.24) is 4.57 Å². The third-order valence-electron chi connectivity index (χ3n) is 10.1. The van der Waals surface area contributed by atoms with E-state index in [-0.39, 0.29) is 0 Å². The van der Waals surface area contributed by atoms with E-state index in [2.05, 4.69) is 204 Å². The fraction of sp³-hybridized carbons (Fsp3) is 0. The van der Waals surface area contributed by atoms with E-state index in [9.17, 15) is 0 Å². The molecule has 2 nitrogen and oxygen atoms in total. The standard InChI is InChI=1S/C48H32N2/c1-2-14-36(15-3-1)49(37-25-22-34(23-26-37)45-32-35-13-5-6-16-40(35)42-18-8-9-19-43(42)45)38-27-29-39(30-28-38)50-46-21-11-10-20-44(46)48-41-17-7-4-12-33(41)24-31-47(48)50/h1-32H. The summed E-state index contributed by atoms with van der Waals surface area (Å²) in [4.78, 5) is 2.34. The zero-order chi connectivity index (χ0) is 33.0. The van der Waals surface area contributed by atoms with Crippen LogP contribution < -0.4 is 4.90 Å². The number of fused-ring (bicyclic) bond motifs is 8. The Morgan fingerprint density at radius 1 is 0.340 bits per heavy atom. The van der Waals surface area contributed by atoms with Crippen molar-refractivity contribution in [3.63, 3.8) is 0 Å². The first kappa shape index (κ1) is 28.4. The van der Waals surface area contributed by atoms with Crippen molar-refractivity contribution in [3.05, 3.63) is 194 Å². The lowest BCUT2D eigenvalue weighted by Crippen LogP contribution is -2.10. The fourth-order valence-electron chi connectivity index (χ4n) is 7.88. The monoisotopic (exact) mass is 636 g/mol. The van der Waals surface area contributed by atoms with Gasteiger partial charge in [-0.25, -0.2) is 0 Å². The molecule has 0 radical (unpaired) electrons. The highest BCUT2D eigenvalue weighted by Gasteiger charge is 2.17. The second kappa shape index (κ2) is 11.5. The minimum absolute atomic E-state index is 1.11. The summed E-state index contributed by atoms with van der Waals surface area (Å²) in [7, 11) is 0. The van der Waals surface area contributed by atoms with Crippen LogP contribution in [0, 0.1) is 0 Å². The van der Waals surface area contributed by atoms with E-state index in [0.717, 1.165) is 22.7 Å². The topological polar surface area (TPSA) is 8.17 Å². The molecule has 9 aromatic carbocycles. The Labute approximate surface area is 290 Å². The van der Waals surface area contributed by atoms with Crippen molar-refractivity contribution in [2.24, 2.45) is 0 Å². The van der Waals surface area contributed by atoms with Crippen LogP contribution in [-0.2, 0) is 0 Å². The van der Waals surface area contributed by atoms with Crippen LogP contribution in [0.15, 0.2) is 194 Å². The number of para-hydroxylation sites is 2. The molecule has 2 heteroatoms. The zero-order valence-electron chi connectivity index (χ0n) is 27.4. The van der Waals surface area contributed by atoms with Gasteiger partial charge in [-0.1, -0.05) is 127 Å². The molecule has 1 heterocycles. The summed E-state index contributed by atoms with van der Waals surface area (Å²) in [6, 6.07) is 70.3. The van der Waals surface area contributed by atoms with E-state index >= 15 is 0 Å². The van der Waals surface area contributed by atoms with Gasteiger partial charge in [0.2, 0.25) is 0 Å². The van der Waals surface area contributed by atoms with Crippen molar-refractivity contribution < 1.29 is 0 Å². The van der Waals surface area contributed by atoms with Gasteiger partial charge in [0.15, 0.2) is 0 Å². The minimum atomic E-state index is 1.11. The lowest BCUT2D eigenvalue weighted by molar-refractivity contribution is 1.17. The molecule has 0 unspecified atom stereocenters. The average Bonchev–Trinajstić information content (AvgIpc) is 3.54. The minimum Gasteiger partial charge on any atom is -0.311 e. The Morgan fingerprint density at radius 3 is 1.66 bits per heavy atom. The van der Waals surface area contributed by atoms with Crippen molar-refractivity contribution >= 4 is 71.2 Å². The molecule has 10 aromatic rings. The third kappa shape index (κ3) is 4.50. The molecule has 0 spiro atoms. The van der Waals surface area contributed by atoms with Crippen LogP contribution in [0.25, 0.3) is 70.9 Å². The molecular formula is C48H32N2. The Kier molecular flexibility index (Phi) is 6.53. The second-order valence-corrected chi connectivity index (χ2v) is 13.0. The summed E-state index contributed by atoms with van der Waals surface area (Å²) >= 11 is 0.